The van der Waals surface area contributed by atoms with Gasteiger partial charge in [-0.05, 0) is 18.2 Å². The van der Waals surface area contributed by atoms with Crippen LogP contribution in [0.1, 0.15) is 0 Å². The summed E-state index contributed by atoms with van der Waals surface area (Å²) >= 11 is 6.22. The molecule has 3 aromatic rings. The van der Waals surface area contributed by atoms with Gasteiger partial charge in [-0.2, -0.15) is 0 Å². The maximum atomic E-state index is 11.2. The van der Waals surface area contributed by atoms with E-state index < -0.39 is 9.84 Å². The van der Waals surface area contributed by atoms with Gasteiger partial charge in [0, 0.05) is 24.6 Å². The first-order chi connectivity index (χ1) is 10.9. The minimum absolute atomic E-state index is 0.0390. The maximum absolute atomic E-state index is 11.2. The van der Waals surface area contributed by atoms with Gasteiger partial charge in [-0.1, -0.05) is 23.7 Å². The Balaban J connectivity index is 1.88. The monoisotopic (exact) mass is 350 g/mol. The second-order valence-electron chi connectivity index (χ2n) is 5.21. The molecule has 2 aromatic heterocycles. The van der Waals surface area contributed by atoms with E-state index in [4.69, 9.17) is 11.6 Å². The number of nitrogens with one attached hydrogen (secondary N) is 2. The SMILES string of the molecule is CS(=O)(=O)CCNc1cc(-c2nc3ccccc3[nH]2)c(Cl)cn1. The summed E-state index contributed by atoms with van der Waals surface area (Å²) in [5, 5.41) is 3.45. The molecule has 0 saturated heterocycles. The summed E-state index contributed by atoms with van der Waals surface area (Å²) in [6.45, 7) is 0.285. The van der Waals surface area contributed by atoms with E-state index >= 15 is 0 Å². The average molecular weight is 351 g/mol. The Bertz CT molecular complexity index is 920. The number of pyridine rings is 1. The van der Waals surface area contributed by atoms with E-state index in [9.17, 15) is 8.42 Å². The first-order valence-electron chi connectivity index (χ1n) is 6.95. The molecule has 8 heteroatoms. The van der Waals surface area contributed by atoms with Crippen LogP contribution in [0, 0.1) is 0 Å². The van der Waals surface area contributed by atoms with E-state index in [2.05, 4.69) is 20.3 Å². The second kappa shape index (κ2) is 6.17. The van der Waals surface area contributed by atoms with Crippen LogP contribution in [-0.2, 0) is 9.84 Å². The van der Waals surface area contributed by atoms with Crippen LogP contribution in [0.15, 0.2) is 36.5 Å². The molecule has 3 rings (SSSR count). The zero-order valence-corrected chi connectivity index (χ0v) is 13.9. The number of rotatable bonds is 5. The van der Waals surface area contributed by atoms with Gasteiger partial charge in [0.2, 0.25) is 0 Å². The van der Waals surface area contributed by atoms with E-state index in [0.717, 1.165) is 11.0 Å². The molecular weight excluding hydrogens is 336 g/mol. The van der Waals surface area contributed by atoms with Crippen molar-refractivity contribution in [1.82, 2.24) is 15.0 Å². The van der Waals surface area contributed by atoms with E-state index in [1.165, 1.54) is 12.5 Å². The summed E-state index contributed by atoms with van der Waals surface area (Å²) in [6, 6.07) is 9.44. The molecule has 2 heterocycles. The number of benzene rings is 1. The van der Waals surface area contributed by atoms with Crippen molar-refractivity contribution in [3.8, 4) is 11.4 Å². The van der Waals surface area contributed by atoms with Crippen LogP contribution in [0.5, 0.6) is 0 Å². The highest BCUT2D eigenvalue weighted by Crippen LogP contribution is 2.28. The third-order valence-electron chi connectivity index (χ3n) is 3.28. The number of aromatic amines is 1. The highest BCUT2D eigenvalue weighted by atomic mass is 35.5. The fourth-order valence-corrected chi connectivity index (χ4v) is 2.83. The third-order valence-corrected chi connectivity index (χ3v) is 4.53. The Hall–Kier alpha value is -2.12. The maximum Gasteiger partial charge on any atom is 0.149 e. The van der Waals surface area contributed by atoms with E-state index in [-0.39, 0.29) is 12.3 Å². The van der Waals surface area contributed by atoms with Crippen LogP contribution in [0.4, 0.5) is 5.82 Å². The number of imidazole rings is 1. The molecule has 0 saturated carbocycles. The standard InChI is InChI=1S/C15H15ClN4O2S/c1-23(21,22)7-6-17-14-8-10(11(16)9-18-14)15-19-12-4-2-3-5-13(12)20-15/h2-5,8-9H,6-7H2,1H3,(H,17,18)(H,19,20). The normalized spacial score (nSPS) is 11.7. The number of hydrogen-bond acceptors (Lipinski definition) is 5. The summed E-state index contributed by atoms with van der Waals surface area (Å²) in [7, 11) is -3.02. The highest BCUT2D eigenvalue weighted by Gasteiger charge is 2.11. The van der Waals surface area contributed by atoms with Gasteiger partial charge in [0.25, 0.3) is 0 Å². The molecule has 120 valence electrons. The van der Waals surface area contributed by atoms with Crippen molar-refractivity contribution < 1.29 is 8.42 Å². The number of halogens is 1. The van der Waals surface area contributed by atoms with Gasteiger partial charge in [0.1, 0.15) is 21.5 Å². The first-order valence-corrected chi connectivity index (χ1v) is 9.38. The van der Waals surface area contributed by atoms with E-state index in [1.807, 2.05) is 24.3 Å². The van der Waals surface area contributed by atoms with Crippen molar-refractivity contribution in [1.29, 1.82) is 0 Å². The fourth-order valence-electron chi connectivity index (χ4n) is 2.16. The lowest BCUT2D eigenvalue weighted by atomic mass is 10.2. The molecule has 0 aliphatic heterocycles. The molecule has 23 heavy (non-hydrogen) atoms. The molecule has 0 fully saturated rings. The second-order valence-corrected chi connectivity index (χ2v) is 7.88. The van der Waals surface area contributed by atoms with Crippen LogP contribution < -0.4 is 5.32 Å². The van der Waals surface area contributed by atoms with Gasteiger partial charge in [-0.15, -0.1) is 0 Å². The van der Waals surface area contributed by atoms with Crippen molar-refractivity contribution in [2.75, 3.05) is 23.9 Å². The van der Waals surface area contributed by atoms with Gasteiger partial charge in [-0.3, -0.25) is 0 Å². The predicted octanol–water partition coefficient (Wildman–Crippen LogP) is 2.73. The Labute approximate surface area is 138 Å². The number of anilines is 1. The van der Waals surface area contributed by atoms with Crippen molar-refractivity contribution in [2.24, 2.45) is 0 Å². The lowest BCUT2D eigenvalue weighted by Crippen LogP contribution is -2.14. The number of nitrogens with zero attached hydrogens (tertiary/aromatic N) is 2. The van der Waals surface area contributed by atoms with Crippen LogP contribution in [0.2, 0.25) is 5.02 Å². The van der Waals surface area contributed by atoms with E-state index in [0.29, 0.717) is 22.2 Å². The number of para-hydroxylation sites is 2. The summed E-state index contributed by atoms with van der Waals surface area (Å²) in [5.41, 5.74) is 2.48. The zero-order valence-electron chi connectivity index (χ0n) is 12.4. The molecular formula is C15H15ClN4O2S. The average Bonchev–Trinajstić information content (AvgIpc) is 2.91. The first kappa shape index (κ1) is 15.8. The van der Waals surface area contributed by atoms with Crippen LogP contribution in [-0.4, -0.2) is 41.9 Å². The number of aromatic nitrogens is 3. The molecule has 0 spiro atoms. The van der Waals surface area contributed by atoms with Crippen LogP contribution in [0.25, 0.3) is 22.4 Å². The van der Waals surface area contributed by atoms with Crippen molar-refractivity contribution in [2.45, 2.75) is 0 Å². The van der Waals surface area contributed by atoms with Gasteiger partial charge in [-0.25, -0.2) is 18.4 Å². The molecule has 0 bridgehead atoms. The lowest BCUT2D eigenvalue weighted by molar-refractivity contribution is 0.602. The number of sulfone groups is 1. The van der Waals surface area contributed by atoms with Gasteiger partial charge in [0.15, 0.2) is 0 Å². The summed E-state index contributed by atoms with van der Waals surface area (Å²) in [4.78, 5) is 11.9. The van der Waals surface area contributed by atoms with Gasteiger partial charge < -0.3 is 10.3 Å². The van der Waals surface area contributed by atoms with Crippen molar-refractivity contribution in [3.63, 3.8) is 0 Å². The smallest absolute Gasteiger partial charge is 0.149 e. The summed E-state index contributed by atoms with van der Waals surface area (Å²) < 4.78 is 22.3. The molecule has 0 atom stereocenters. The Kier molecular flexibility index (Phi) is 4.23. The molecule has 0 radical (unpaired) electrons. The van der Waals surface area contributed by atoms with Crippen molar-refractivity contribution >= 4 is 38.3 Å². The predicted molar refractivity (Wildman–Crippen MR) is 92.5 cm³/mol. The summed E-state index contributed by atoms with van der Waals surface area (Å²) in [6.07, 6.45) is 2.72. The molecule has 0 unspecified atom stereocenters. The molecule has 1 aromatic carbocycles. The Morgan fingerprint density at radius 3 is 2.83 bits per heavy atom. The minimum Gasteiger partial charge on any atom is -0.369 e. The Morgan fingerprint density at radius 2 is 2.09 bits per heavy atom. The molecule has 0 aliphatic carbocycles. The molecule has 2 N–H and O–H groups in total. The van der Waals surface area contributed by atoms with E-state index in [1.54, 1.807) is 6.07 Å². The Morgan fingerprint density at radius 1 is 1.30 bits per heavy atom. The quantitative estimate of drug-likeness (QED) is 0.738. The van der Waals surface area contributed by atoms with Crippen LogP contribution in [0.3, 0.4) is 0 Å². The lowest BCUT2D eigenvalue weighted by Gasteiger charge is -2.07. The van der Waals surface area contributed by atoms with Gasteiger partial charge >= 0.3 is 0 Å². The number of fused-ring (bicyclic) bond motifs is 1. The number of H-pyrrole nitrogens is 1. The van der Waals surface area contributed by atoms with Gasteiger partial charge in [0.05, 0.1) is 21.8 Å². The zero-order chi connectivity index (χ0) is 16.4. The van der Waals surface area contributed by atoms with Crippen molar-refractivity contribution in [3.05, 3.63) is 41.6 Å². The molecule has 0 aliphatic rings. The fraction of sp³-hybridized carbons (Fsp3) is 0.200. The topological polar surface area (TPSA) is 87.7 Å². The summed E-state index contributed by atoms with van der Waals surface area (Å²) in [5.74, 6) is 1.23. The number of hydrogen-bond donors (Lipinski definition) is 2. The van der Waals surface area contributed by atoms with Crippen LogP contribution >= 0.6 is 11.6 Å². The minimum atomic E-state index is -3.02. The molecule has 0 amide bonds. The third kappa shape index (κ3) is 3.80. The highest BCUT2D eigenvalue weighted by molar-refractivity contribution is 7.90. The molecule has 6 nitrogen and oxygen atoms in total. The largest absolute Gasteiger partial charge is 0.369 e.